The third kappa shape index (κ3) is 2.22. The molecular weight excluding hydrogens is 216 g/mol. The molecule has 0 N–H and O–H groups in total. The lowest BCUT2D eigenvalue weighted by molar-refractivity contribution is 0.0971. The van der Waals surface area contributed by atoms with E-state index in [1.54, 1.807) is 0 Å². The highest BCUT2D eigenvalue weighted by Gasteiger charge is 2.26. The quantitative estimate of drug-likeness (QED) is 0.774. The Morgan fingerprint density at radius 3 is 2.88 bits per heavy atom. The summed E-state index contributed by atoms with van der Waals surface area (Å²) in [7, 11) is 3.98. The molecule has 1 heterocycles. The molecule has 90 valence electrons. The molecule has 0 atom stereocenters. The van der Waals surface area contributed by atoms with Gasteiger partial charge in [-0.3, -0.25) is 9.48 Å². The first-order valence-corrected chi connectivity index (χ1v) is 5.81. The van der Waals surface area contributed by atoms with Gasteiger partial charge in [-0.25, -0.2) is 0 Å². The molecule has 0 aliphatic heterocycles. The lowest BCUT2D eigenvalue weighted by atomic mass is 9.94. The first-order valence-electron chi connectivity index (χ1n) is 5.81. The van der Waals surface area contributed by atoms with Crippen molar-refractivity contribution in [1.82, 2.24) is 14.7 Å². The molecule has 1 aliphatic carbocycles. The molecule has 1 aromatic rings. The zero-order valence-corrected chi connectivity index (χ0v) is 10.2. The van der Waals surface area contributed by atoms with Crippen LogP contribution in [-0.4, -0.2) is 41.1 Å². The van der Waals surface area contributed by atoms with Gasteiger partial charge in [-0.05, 0) is 26.9 Å². The van der Waals surface area contributed by atoms with Gasteiger partial charge in [-0.1, -0.05) is 0 Å². The molecule has 0 amide bonds. The fourth-order valence-electron chi connectivity index (χ4n) is 2.14. The Labute approximate surface area is 101 Å². The second kappa shape index (κ2) is 4.68. The first kappa shape index (κ1) is 11.8. The second-order valence-electron chi connectivity index (χ2n) is 4.59. The summed E-state index contributed by atoms with van der Waals surface area (Å²) in [5.74, 6) is 0.0684. The first-order chi connectivity index (χ1) is 8.13. The number of hydrogen-bond donors (Lipinski definition) is 0. The fraction of sp³-hybridized carbons (Fsp3) is 0.583. The van der Waals surface area contributed by atoms with Crippen LogP contribution >= 0.6 is 0 Å². The molecule has 0 aromatic carbocycles. The van der Waals surface area contributed by atoms with Crippen molar-refractivity contribution >= 4 is 5.78 Å². The van der Waals surface area contributed by atoms with Crippen LogP contribution < -0.4 is 0 Å². The lowest BCUT2D eigenvalue weighted by Crippen LogP contribution is -2.21. The van der Waals surface area contributed by atoms with Crippen LogP contribution in [0.1, 0.15) is 34.6 Å². The maximum atomic E-state index is 11.8. The van der Waals surface area contributed by atoms with Gasteiger partial charge in [-0.15, -0.1) is 0 Å². The molecule has 1 aromatic heterocycles. The van der Waals surface area contributed by atoms with E-state index in [0.717, 1.165) is 31.6 Å². The molecule has 5 heteroatoms. The van der Waals surface area contributed by atoms with Crippen LogP contribution in [0.25, 0.3) is 0 Å². The van der Waals surface area contributed by atoms with Gasteiger partial charge in [0.1, 0.15) is 6.07 Å². The van der Waals surface area contributed by atoms with Gasteiger partial charge in [0.2, 0.25) is 0 Å². The maximum Gasteiger partial charge on any atom is 0.173 e. The zero-order chi connectivity index (χ0) is 12.4. The Morgan fingerprint density at radius 1 is 1.47 bits per heavy atom. The van der Waals surface area contributed by atoms with E-state index < -0.39 is 0 Å². The van der Waals surface area contributed by atoms with E-state index in [2.05, 4.69) is 10.00 Å². The summed E-state index contributed by atoms with van der Waals surface area (Å²) in [6, 6.07) is 2.03. The molecule has 5 nitrogen and oxygen atoms in total. The van der Waals surface area contributed by atoms with Gasteiger partial charge < -0.3 is 4.90 Å². The highest BCUT2D eigenvalue weighted by atomic mass is 16.1. The van der Waals surface area contributed by atoms with Crippen LogP contribution in [0, 0.1) is 11.3 Å². The van der Waals surface area contributed by atoms with Crippen molar-refractivity contribution in [3.63, 3.8) is 0 Å². The van der Waals surface area contributed by atoms with Crippen LogP contribution in [0.5, 0.6) is 0 Å². The van der Waals surface area contributed by atoms with Crippen molar-refractivity contribution in [3.8, 4) is 6.07 Å². The van der Waals surface area contributed by atoms with E-state index in [9.17, 15) is 4.79 Å². The van der Waals surface area contributed by atoms with Gasteiger partial charge in [0.25, 0.3) is 0 Å². The normalized spacial score (nSPS) is 14.8. The number of aromatic nitrogens is 2. The van der Waals surface area contributed by atoms with Gasteiger partial charge in [0, 0.05) is 13.0 Å². The van der Waals surface area contributed by atoms with Crippen LogP contribution in [-0.2, 0) is 13.0 Å². The number of nitrogens with zero attached hydrogens (tertiary/aromatic N) is 4. The zero-order valence-electron chi connectivity index (χ0n) is 10.2. The molecule has 0 saturated heterocycles. The number of Topliss-reactive ketones (excluding diaryl/α,β-unsaturated/α-hetero) is 1. The van der Waals surface area contributed by atoms with Crippen LogP contribution in [0.15, 0.2) is 0 Å². The van der Waals surface area contributed by atoms with Crippen molar-refractivity contribution in [2.75, 3.05) is 20.6 Å². The minimum absolute atomic E-state index is 0.0684. The number of likely N-dealkylation sites (N-methyl/N-ethyl adjacent to an activating group) is 1. The van der Waals surface area contributed by atoms with E-state index in [1.807, 2.05) is 24.8 Å². The van der Waals surface area contributed by atoms with E-state index in [1.165, 1.54) is 0 Å². The molecular formula is C12H16N4O. The van der Waals surface area contributed by atoms with Crippen LogP contribution in [0.3, 0.4) is 0 Å². The minimum Gasteiger partial charge on any atom is -0.308 e. The highest BCUT2D eigenvalue weighted by Crippen LogP contribution is 2.24. The predicted octanol–water partition coefficient (Wildman–Crippen LogP) is 0.835. The van der Waals surface area contributed by atoms with Crippen LogP contribution in [0.2, 0.25) is 0 Å². The highest BCUT2D eigenvalue weighted by molar-refractivity contribution is 5.99. The largest absolute Gasteiger partial charge is 0.308 e. The molecule has 17 heavy (non-hydrogen) atoms. The topological polar surface area (TPSA) is 61.9 Å². The minimum atomic E-state index is 0.0684. The Hall–Kier alpha value is -1.67. The van der Waals surface area contributed by atoms with Gasteiger partial charge >= 0.3 is 0 Å². The molecule has 0 radical (unpaired) electrons. The van der Waals surface area contributed by atoms with Crippen molar-refractivity contribution < 1.29 is 4.79 Å². The second-order valence-corrected chi connectivity index (χ2v) is 4.59. The Bertz CT molecular complexity index is 481. The van der Waals surface area contributed by atoms with E-state index in [-0.39, 0.29) is 5.78 Å². The average Bonchev–Trinajstić information content (AvgIpc) is 2.66. The lowest BCUT2D eigenvalue weighted by Gasteiger charge is -2.14. The third-order valence-electron chi connectivity index (χ3n) is 3.02. The van der Waals surface area contributed by atoms with E-state index >= 15 is 0 Å². The summed E-state index contributed by atoms with van der Waals surface area (Å²) in [6.07, 6.45) is 2.26. The molecule has 0 fully saturated rings. The number of nitriles is 1. The summed E-state index contributed by atoms with van der Waals surface area (Å²) < 4.78 is 1.82. The molecule has 0 spiro atoms. The standard InChI is InChI=1S/C12H16N4O/c1-15(2)6-7-16-10-4-3-5-11(17)12(10)9(8-13)14-16/h3-7H2,1-2H3. The molecule has 0 unspecified atom stereocenters. The summed E-state index contributed by atoms with van der Waals surface area (Å²) in [6.45, 7) is 1.58. The van der Waals surface area contributed by atoms with E-state index in [4.69, 9.17) is 5.26 Å². The van der Waals surface area contributed by atoms with E-state index in [0.29, 0.717) is 17.7 Å². The predicted molar refractivity (Wildman–Crippen MR) is 62.8 cm³/mol. The molecule has 2 rings (SSSR count). The monoisotopic (exact) mass is 232 g/mol. The van der Waals surface area contributed by atoms with Gasteiger partial charge in [-0.2, -0.15) is 10.4 Å². The summed E-state index contributed by atoms with van der Waals surface area (Å²) in [4.78, 5) is 13.9. The number of carbonyl (C=O) groups is 1. The maximum absolute atomic E-state index is 11.8. The number of fused-ring (bicyclic) bond motifs is 1. The van der Waals surface area contributed by atoms with Crippen molar-refractivity contribution in [2.45, 2.75) is 25.8 Å². The fourth-order valence-corrected chi connectivity index (χ4v) is 2.14. The van der Waals surface area contributed by atoms with Crippen LogP contribution in [0.4, 0.5) is 0 Å². The summed E-state index contributed by atoms with van der Waals surface area (Å²) in [5.41, 5.74) is 1.81. The van der Waals surface area contributed by atoms with Gasteiger partial charge in [0.05, 0.1) is 17.8 Å². The SMILES string of the molecule is CN(C)CCn1nc(C#N)c2c1CCCC2=O. The summed E-state index contributed by atoms with van der Waals surface area (Å²) in [5, 5.41) is 13.3. The summed E-state index contributed by atoms with van der Waals surface area (Å²) >= 11 is 0. The number of hydrogen-bond acceptors (Lipinski definition) is 4. The molecule has 0 bridgehead atoms. The van der Waals surface area contributed by atoms with Crippen molar-refractivity contribution in [3.05, 3.63) is 17.0 Å². The Balaban J connectivity index is 2.35. The van der Waals surface area contributed by atoms with Crippen molar-refractivity contribution in [2.24, 2.45) is 0 Å². The smallest absolute Gasteiger partial charge is 0.173 e. The number of rotatable bonds is 3. The molecule has 1 aliphatic rings. The Kier molecular flexibility index (Phi) is 3.25. The Morgan fingerprint density at radius 2 is 2.24 bits per heavy atom. The van der Waals surface area contributed by atoms with Gasteiger partial charge in [0.15, 0.2) is 11.5 Å². The number of carbonyl (C=O) groups excluding carboxylic acids is 1. The average molecular weight is 232 g/mol. The third-order valence-corrected chi connectivity index (χ3v) is 3.02. The molecule has 0 saturated carbocycles. The number of ketones is 1. The van der Waals surface area contributed by atoms with Crippen molar-refractivity contribution in [1.29, 1.82) is 5.26 Å².